The van der Waals surface area contributed by atoms with Gasteiger partial charge in [0.15, 0.2) is 6.61 Å². The van der Waals surface area contributed by atoms with Crippen molar-refractivity contribution in [1.82, 2.24) is 5.32 Å². The van der Waals surface area contributed by atoms with Crippen molar-refractivity contribution in [2.45, 2.75) is 20.8 Å². The topological polar surface area (TPSA) is 73.9 Å². The van der Waals surface area contributed by atoms with E-state index in [1.807, 2.05) is 45.0 Å². The molecule has 2 rings (SSSR count). The number of hydrogen-bond acceptors (Lipinski definition) is 5. The Labute approximate surface area is 159 Å². The minimum Gasteiger partial charge on any atom is -0.494 e. The maximum Gasteiger partial charge on any atom is 0.338 e. The SMILES string of the molecule is CCOc1ccc(OCCNC(=O)COC(=O)c2cc(C)ccc2C)cc1. The second-order valence-corrected chi connectivity index (χ2v) is 6.00. The van der Waals surface area contributed by atoms with E-state index >= 15 is 0 Å². The van der Waals surface area contributed by atoms with Gasteiger partial charge in [-0.25, -0.2) is 4.79 Å². The van der Waals surface area contributed by atoms with Crippen molar-refractivity contribution < 1.29 is 23.8 Å². The van der Waals surface area contributed by atoms with E-state index in [1.54, 1.807) is 18.2 Å². The molecule has 0 heterocycles. The van der Waals surface area contributed by atoms with Crippen LogP contribution in [0.5, 0.6) is 11.5 Å². The highest BCUT2D eigenvalue weighted by atomic mass is 16.5. The molecule has 6 heteroatoms. The molecule has 0 aromatic heterocycles. The van der Waals surface area contributed by atoms with Crippen molar-refractivity contribution in [3.63, 3.8) is 0 Å². The van der Waals surface area contributed by atoms with Crippen LogP contribution in [0.15, 0.2) is 42.5 Å². The normalized spacial score (nSPS) is 10.2. The van der Waals surface area contributed by atoms with Gasteiger partial charge in [-0.05, 0) is 56.7 Å². The minimum absolute atomic E-state index is 0.310. The fraction of sp³-hybridized carbons (Fsp3) is 0.333. The van der Waals surface area contributed by atoms with Crippen molar-refractivity contribution in [3.8, 4) is 11.5 Å². The average molecular weight is 371 g/mol. The van der Waals surface area contributed by atoms with E-state index in [0.29, 0.717) is 31.1 Å². The van der Waals surface area contributed by atoms with E-state index in [4.69, 9.17) is 14.2 Å². The monoisotopic (exact) mass is 371 g/mol. The highest BCUT2D eigenvalue weighted by molar-refractivity contribution is 5.92. The summed E-state index contributed by atoms with van der Waals surface area (Å²) in [6.45, 7) is 6.56. The molecule has 1 amide bonds. The Balaban J connectivity index is 1.67. The van der Waals surface area contributed by atoms with Gasteiger partial charge in [-0.1, -0.05) is 17.7 Å². The zero-order valence-corrected chi connectivity index (χ0v) is 15.9. The molecule has 0 aliphatic heterocycles. The van der Waals surface area contributed by atoms with Crippen molar-refractivity contribution in [3.05, 3.63) is 59.2 Å². The predicted molar refractivity (Wildman–Crippen MR) is 102 cm³/mol. The molecule has 6 nitrogen and oxygen atoms in total. The number of ether oxygens (including phenoxy) is 3. The highest BCUT2D eigenvalue weighted by Crippen LogP contribution is 2.17. The summed E-state index contributed by atoms with van der Waals surface area (Å²) in [6, 6.07) is 12.8. The maximum atomic E-state index is 12.1. The second-order valence-electron chi connectivity index (χ2n) is 6.00. The molecule has 0 spiro atoms. The largest absolute Gasteiger partial charge is 0.494 e. The number of amides is 1. The third kappa shape index (κ3) is 6.66. The summed E-state index contributed by atoms with van der Waals surface area (Å²) >= 11 is 0. The molecule has 0 fully saturated rings. The Morgan fingerprint density at radius 3 is 2.30 bits per heavy atom. The molecule has 0 saturated carbocycles. The van der Waals surface area contributed by atoms with Crippen molar-refractivity contribution in [1.29, 1.82) is 0 Å². The molecule has 0 bridgehead atoms. The third-order valence-electron chi connectivity index (χ3n) is 3.78. The van der Waals surface area contributed by atoms with Crippen LogP contribution in [-0.4, -0.2) is 38.2 Å². The average Bonchev–Trinajstić information content (AvgIpc) is 2.66. The summed E-state index contributed by atoms with van der Waals surface area (Å²) in [5, 5.41) is 2.65. The van der Waals surface area contributed by atoms with Crippen LogP contribution in [0.4, 0.5) is 0 Å². The Hall–Kier alpha value is -3.02. The number of esters is 1. The molecule has 0 aliphatic carbocycles. The second kappa shape index (κ2) is 10.2. The van der Waals surface area contributed by atoms with Gasteiger partial charge in [-0.15, -0.1) is 0 Å². The third-order valence-corrected chi connectivity index (χ3v) is 3.78. The molecule has 0 atom stereocenters. The van der Waals surface area contributed by atoms with Crippen LogP contribution >= 0.6 is 0 Å². The van der Waals surface area contributed by atoms with Gasteiger partial charge in [0.25, 0.3) is 5.91 Å². The summed E-state index contributed by atoms with van der Waals surface area (Å²) in [5.74, 6) is 0.596. The molecule has 27 heavy (non-hydrogen) atoms. The molecular formula is C21H25NO5. The lowest BCUT2D eigenvalue weighted by atomic mass is 10.1. The van der Waals surface area contributed by atoms with Crippen LogP contribution in [0.1, 0.15) is 28.4 Å². The maximum absolute atomic E-state index is 12.1. The van der Waals surface area contributed by atoms with Gasteiger partial charge in [0.05, 0.1) is 18.7 Å². The molecule has 1 N–H and O–H groups in total. The Morgan fingerprint density at radius 2 is 1.63 bits per heavy atom. The molecule has 0 aliphatic rings. The molecule has 0 unspecified atom stereocenters. The highest BCUT2D eigenvalue weighted by Gasteiger charge is 2.12. The van der Waals surface area contributed by atoms with Crippen LogP contribution in [0.3, 0.4) is 0 Å². The molecule has 0 radical (unpaired) electrons. The molecule has 2 aromatic carbocycles. The van der Waals surface area contributed by atoms with Crippen LogP contribution < -0.4 is 14.8 Å². The predicted octanol–water partition coefficient (Wildman–Crippen LogP) is 3.05. The molecule has 144 valence electrons. The number of aryl methyl sites for hydroxylation is 2. The van der Waals surface area contributed by atoms with Gasteiger partial charge in [0.1, 0.15) is 18.1 Å². The number of carbonyl (C=O) groups excluding carboxylic acids is 2. The smallest absolute Gasteiger partial charge is 0.338 e. The minimum atomic E-state index is -0.503. The van der Waals surface area contributed by atoms with Crippen molar-refractivity contribution >= 4 is 11.9 Å². The van der Waals surface area contributed by atoms with Gasteiger partial charge in [0, 0.05) is 0 Å². The zero-order valence-electron chi connectivity index (χ0n) is 15.9. The fourth-order valence-corrected chi connectivity index (χ4v) is 2.37. The first-order chi connectivity index (χ1) is 13.0. The number of nitrogens with one attached hydrogen (secondary N) is 1. The van der Waals surface area contributed by atoms with Gasteiger partial charge in [-0.3, -0.25) is 4.79 Å². The number of benzene rings is 2. The molecular weight excluding hydrogens is 346 g/mol. The fourth-order valence-electron chi connectivity index (χ4n) is 2.37. The molecule has 2 aromatic rings. The van der Waals surface area contributed by atoms with E-state index in [-0.39, 0.29) is 12.5 Å². The van der Waals surface area contributed by atoms with Crippen molar-refractivity contribution in [2.24, 2.45) is 0 Å². The summed E-state index contributed by atoms with van der Waals surface area (Å²) in [6.07, 6.45) is 0. The lowest BCUT2D eigenvalue weighted by molar-refractivity contribution is -0.124. The lowest BCUT2D eigenvalue weighted by Gasteiger charge is -2.10. The van der Waals surface area contributed by atoms with E-state index in [2.05, 4.69) is 5.32 Å². The number of rotatable bonds is 9. The summed E-state index contributed by atoms with van der Waals surface area (Å²) in [7, 11) is 0. The van der Waals surface area contributed by atoms with Gasteiger partial charge in [0.2, 0.25) is 0 Å². The molecule has 0 saturated heterocycles. The quantitative estimate of drug-likeness (QED) is 0.542. The Morgan fingerprint density at radius 1 is 0.963 bits per heavy atom. The van der Waals surface area contributed by atoms with Crippen LogP contribution in [-0.2, 0) is 9.53 Å². The first kappa shape index (κ1) is 20.3. The summed E-state index contributed by atoms with van der Waals surface area (Å²) in [5.41, 5.74) is 2.25. The van der Waals surface area contributed by atoms with E-state index in [1.165, 1.54) is 0 Å². The standard InChI is InChI=1S/C21H25NO5/c1-4-25-17-7-9-18(10-8-17)26-12-11-22-20(23)14-27-21(24)19-13-15(2)5-6-16(19)3/h5-10,13H,4,11-12,14H2,1-3H3,(H,22,23). The van der Waals surface area contributed by atoms with Crippen LogP contribution in [0.2, 0.25) is 0 Å². The van der Waals surface area contributed by atoms with Crippen molar-refractivity contribution in [2.75, 3.05) is 26.4 Å². The van der Waals surface area contributed by atoms with Crippen LogP contribution in [0.25, 0.3) is 0 Å². The van der Waals surface area contributed by atoms with Gasteiger partial charge < -0.3 is 19.5 Å². The van der Waals surface area contributed by atoms with E-state index in [9.17, 15) is 9.59 Å². The Bertz CT molecular complexity index is 771. The number of hydrogen-bond donors (Lipinski definition) is 1. The van der Waals surface area contributed by atoms with Gasteiger partial charge in [-0.2, -0.15) is 0 Å². The van der Waals surface area contributed by atoms with Crippen LogP contribution in [0, 0.1) is 13.8 Å². The number of carbonyl (C=O) groups is 2. The first-order valence-electron chi connectivity index (χ1n) is 8.86. The van der Waals surface area contributed by atoms with E-state index < -0.39 is 5.97 Å². The van der Waals surface area contributed by atoms with Gasteiger partial charge >= 0.3 is 5.97 Å². The first-order valence-corrected chi connectivity index (χ1v) is 8.86. The summed E-state index contributed by atoms with van der Waals surface area (Å²) < 4.78 is 16.0. The van der Waals surface area contributed by atoms with E-state index in [0.717, 1.165) is 16.9 Å². The Kier molecular flexibility index (Phi) is 7.67. The summed E-state index contributed by atoms with van der Waals surface area (Å²) in [4.78, 5) is 23.9. The lowest BCUT2D eigenvalue weighted by Crippen LogP contribution is -2.32. The zero-order chi connectivity index (χ0) is 19.6.